The summed E-state index contributed by atoms with van der Waals surface area (Å²) >= 11 is 1.66. The first-order chi connectivity index (χ1) is 14.7. The van der Waals surface area contributed by atoms with E-state index in [1.54, 1.807) is 18.4 Å². The number of hydrogen-bond donors (Lipinski definition) is 1. The Morgan fingerprint density at radius 2 is 1.60 bits per heavy atom. The van der Waals surface area contributed by atoms with Crippen LogP contribution in [-0.2, 0) is 0 Å². The number of thiazole rings is 1. The van der Waals surface area contributed by atoms with Gasteiger partial charge in [-0.25, -0.2) is 4.98 Å². The molecule has 5 aromatic rings. The first-order valence-corrected chi connectivity index (χ1v) is 10.4. The molecule has 1 aromatic heterocycles. The number of carbonyl (C=O) groups excluding carboxylic acids is 1. The Labute approximate surface area is 177 Å². The van der Waals surface area contributed by atoms with Crippen LogP contribution < -0.4 is 10.1 Å². The number of fused-ring (bicyclic) bond motifs is 2. The third-order valence-corrected chi connectivity index (χ3v) is 6.08. The first-order valence-electron chi connectivity index (χ1n) is 9.55. The van der Waals surface area contributed by atoms with Crippen molar-refractivity contribution < 1.29 is 9.53 Å². The molecule has 0 saturated heterocycles. The van der Waals surface area contributed by atoms with E-state index in [1.807, 2.05) is 78.9 Å². The summed E-state index contributed by atoms with van der Waals surface area (Å²) in [5.74, 6) is 0.350. The van der Waals surface area contributed by atoms with Gasteiger partial charge in [-0.3, -0.25) is 4.79 Å². The summed E-state index contributed by atoms with van der Waals surface area (Å²) in [5, 5.41) is 5.96. The van der Waals surface area contributed by atoms with E-state index in [4.69, 9.17) is 4.74 Å². The van der Waals surface area contributed by atoms with Gasteiger partial charge in [0, 0.05) is 11.3 Å². The molecule has 4 aromatic carbocycles. The summed E-state index contributed by atoms with van der Waals surface area (Å²) in [6, 6.07) is 27.5. The van der Waals surface area contributed by atoms with Gasteiger partial charge in [-0.05, 0) is 59.3 Å². The highest BCUT2D eigenvalue weighted by molar-refractivity contribution is 7.21. The second-order valence-corrected chi connectivity index (χ2v) is 7.95. The molecule has 0 aliphatic carbocycles. The second kappa shape index (κ2) is 7.61. The minimum absolute atomic E-state index is 0.203. The number of benzene rings is 4. The van der Waals surface area contributed by atoms with E-state index >= 15 is 0 Å². The Balaban J connectivity index is 1.40. The van der Waals surface area contributed by atoms with Crippen LogP contribution in [0, 0.1) is 0 Å². The molecule has 1 heterocycles. The molecule has 1 N–H and O–H groups in total. The van der Waals surface area contributed by atoms with Crippen molar-refractivity contribution in [2.45, 2.75) is 0 Å². The lowest BCUT2D eigenvalue weighted by atomic mass is 10.1. The van der Waals surface area contributed by atoms with Crippen LogP contribution in [0.4, 0.5) is 5.69 Å². The van der Waals surface area contributed by atoms with Crippen molar-refractivity contribution in [1.29, 1.82) is 0 Å². The molecular weight excluding hydrogens is 392 g/mol. The number of nitrogens with zero attached hydrogens (tertiary/aromatic N) is 1. The van der Waals surface area contributed by atoms with Gasteiger partial charge < -0.3 is 10.1 Å². The van der Waals surface area contributed by atoms with Gasteiger partial charge in [0.15, 0.2) is 0 Å². The average Bonchev–Trinajstić information content (AvgIpc) is 3.23. The van der Waals surface area contributed by atoms with Crippen molar-refractivity contribution in [1.82, 2.24) is 4.98 Å². The lowest BCUT2D eigenvalue weighted by Crippen LogP contribution is -2.13. The molecule has 0 atom stereocenters. The zero-order chi connectivity index (χ0) is 20.5. The quantitative estimate of drug-likeness (QED) is 0.374. The fourth-order valence-corrected chi connectivity index (χ4v) is 4.43. The Bertz CT molecular complexity index is 1340. The lowest BCUT2D eigenvalue weighted by molar-refractivity contribution is 0.102. The van der Waals surface area contributed by atoms with E-state index in [1.165, 1.54) is 0 Å². The topological polar surface area (TPSA) is 51.2 Å². The highest BCUT2D eigenvalue weighted by Crippen LogP contribution is 2.31. The number of rotatable bonds is 4. The molecule has 4 nitrogen and oxygen atoms in total. The van der Waals surface area contributed by atoms with Gasteiger partial charge in [0.05, 0.1) is 22.9 Å². The number of ether oxygens (including phenoxy) is 1. The average molecular weight is 410 g/mol. The molecule has 0 spiro atoms. The third kappa shape index (κ3) is 3.40. The molecule has 0 saturated carbocycles. The van der Waals surface area contributed by atoms with E-state index < -0.39 is 0 Å². The fraction of sp³-hybridized carbons (Fsp3) is 0.0400. The highest BCUT2D eigenvalue weighted by atomic mass is 32.1. The van der Waals surface area contributed by atoms with Gasteiger partial charge in [-0.2, -0.15) is 0 Å². The van der Waals surface area contributed by atoms with E-state index in [-0.39, 0.29) is 5.91 Å². The van der Waals surface area contributed by atoms with Crippen molar-refractivity contribution in [3.8, 4) is 16.3 Å². The minimum Gasteiger partial charge on any atom is -0.496 e. The van der Waals surface area contributed by atoms with Gasteiger partial charge in [0.25, 0.3) is 5.91 Å². The largest absolute Gasteiger partial charge is 0.496 e. The number of hydrogen-bond acceptors (Lipinski definition) is 4. The lowest BCUT2D eigenvalue weighted by Gasteiger charge is -2.11. The van der Waals surface area contributed by atoms with Crippen molar-refractivity contribution in [3.05, 3.63) is 90.5 Å². The maximum Gasteiger partial charge on any atom is 0.259 e. The summed E-state index contributed by atoms with van der Waals surface area (Å²) < 4.78 is 6.61. The summed E-state index contributed by atoms with van der Waals surface area (Å²) in [7, 11) is 1.58. The molecule has 5 rings (SSSR count). The predicted molar refractivity (Wildman–Crippen MR) is 124 cm³/mol. The van der Waals surface area contributed by atoms with Crippen LogP contribution in [0.25, 0.3) is 31.6 Å². The van der Waals surface area contributed by atoms with Crippen molar-refractivity contribution >= 4 is 43.9 Å². The Morgan fingerprint density at radius 1 is 0.900 bits per heavy atom. The Hall–Kier alpha value is -3.70. The molecule has 0 aliphatic rings. The van der Waals surface area contributed by atoms with E-state index in [0.717, 1.165) is 37.2 Å². The van der Waals surface area contributed by atoms with E-state index in [0.29, 0.717) is 11.3 Å². The van der Waals surface area contributed by atoms with Crippen molar-refractivity contribution in [2.75, 3.05) is 12.4 Å². The molecule has 0 fully saturated rings. The fourth-order valence-electron chi connectivity index (χ4n) is 3.46. The van der Waals surface area contributed by atoms with Gasteiger partial charge in [-0.15, -0.1) is 11.3 Å². The monoisotopic (exact) mass is 410 g/mol. The number of carbonyl (C=O) groups is 1. The summed E-state index contributed by atoms with van der Waals surface area (Å²) in [6.07, 6.45) is 0. The molecule has 0 bridgehead atoms. The molecule has 146 valence electrons. The number of nitrogens with one attached hydrogen (secondary N) is 1. The Morgan fingerprint density at radius 3 is 2.33 bits per heavy atom. The van der Waals surface area contributed by atoms with Gasteiger partial charge >= 0.3 is 0 Å². The van der Waals surface area contributed by atoms with Crippen LogP contribution in [0.3, 0.4) is 0 Å². The maximum atomic E-state index is 12.9. The molecule has 1 amide bonds. The standard InChI is InChI=1S/C25H18N2O2S/c1-29-22-15-18-7-3-2-6-17(18)14-20(22)24(28)26-19-12-10-16(11-13-19)25-27-21-8-4-5-9-23(21)30-25/h2-15H,1H3,(H,26,28). The van der Waals surface area contributed by atoms with Crippen molar-refractivity contribution in [2.24, 2.45) is 0 Å². The number of aromatic nitrogens is 1. The number of para-hydroxylation sites is 1. The SMILES string of the molecule is COc1cc2ccccc2cc1C(=O)Nc1ccc(-c2nc3ccccc3s2)cc1. The zero-order valence-electron chi connectivity index (χ0n) is 16.3. The first kappa shape index (κ1) is 18.3. The van der Waals surface area contributed by atoms with Crippen molar-refractivity contribution in [3.63, 3.8) is 0 Å². The molecule has 0 aliphatic heterocycles. The summed E-state index contributed by atoms with van der Waals surface area (Å²) in [5.41, 5.74) is 3.25. The van der Waals surface area contributed by atoms with E-state index in [2.05, 4.69) is 16.4 Å². The predicted octanol–water partition coefficient (Wildman–Crippen LogP) is 6.38. The van der Waals surface area contributed by atoms with Gasteiger partial charge in [-0.1, -0.05) is 36.4 Å². The third-order valence-electron chi connectivity index (χ3n) is 5.00. The molecular formula is C25H18N2O2S. The van der Waals surface area contributed by atoms with Crippen LogP contribution in [0.15, 0.2) is 84.9 Å². The number of amides is 1. The number of anilines is 1. The molecule has 0 radical (unpaired) electrons. The van der Waals surface area contributed by atoms with E-state index in [9.17, 15) is 4.79 Å². The Kier molecular flexibility index (Phi) is 4.65. The van der Waals surface area contributed by atoms with Crippen LogP contribution in [0.5, 0.6) is 5.75 Å². The minimum atomic E-state index is -0.203. The maximum absolute atomic E-state index is 12.9. The molecule has 5 heteroatoms. The molecule has 30 heavy (non-hydrogen) atoms. The van der Waals surface area contributed by atoms with Crippen LogP contribution in [0.1, 0.15) is 10.4 Å². The van der Waals surface area contributed by atoms with Gasteiger partial charge in [0.1, 0.15) is 10.8 Å². The highest BCUT2D eigenvalue weighted by Gasteiger charge is 2.14. The van der Waals surface area contributed by atoms with Crippen LogP contribution in [0.2, 0.25) is 0 Å². The smallest absolute Gasteiger partial charge is 0.259 e. The number of methoxy groups -OCH3 is 1. The summed E-state index contributed by atoms with van der Waals surface area (Å²) in [6.45, 7) is 0. The second-order valence-electron chi connectivity index (χ2n) is 6.92. The van der Waals surface area contributed by atoms with Crippen LogP contribution in [-0.4, -0.2) is 18.0 Å². The normalized spacial score (nSPS) is 11.0. The summed E-state index contributed by atoms with van der Waals surface area (Å²) in [4.78, 5) is 17.6. The molecule has 0 unspecified atom stereocenters. The van der Waals surface area contributed by atoms with Crippen LogP contribution >= 0.6 is 11.3 Å². The zero-order valence-corrected chi connectivity index (χ0v) is 17.1. The van der Waals surface area contributed by atoms with Gasteiger partial charge in [0.2, 0.25) is 0 Å².